The largest absolute Gasteiger partial charge is 0.0845 e. The lowest BCUT2D eigenvalue weighted by molar-refractivity contribution is 0.534. The van der Waals surface area contributed by atoms with Crippen molar-refractivity contribution in [2.24, 2.45) is 0 Å². The van der Waals surface area contributed by atoms with Gasteiger partial charge >= 0.3 is 0 Å². The number of hydrogen-bond donors (Lipinski definition) is 0. The molecule has 1 aliphatic carbocycles. The summed E-state index contributed by atoms with van der Waals surface area (Å²) in [5.74, 6) is 0. The van der Waals surface area contributed by atoms with Crippen LogP contribution in [0.4, 0.5) is 0 Å². The smallest absolute Gasteiger partial charge is 0.0276 e. The van der Waals surface area contributed by atoms with Crippen LogP contribution in [0, 0.1) is 6.08 Å². The van der Waals surface area contributed by atoms with Crippen molar-refractivity contribution < 1.29 is 0 Å². The zero-order valence-electron chi connectivity index (χ0n) is 13.5. The molecule has 0 unspecified atom stereocenters. The van der Waals surface area contributed by atoms with Gasteiger partial charge in [0.05, 0.1) is 0 Å². The molecule has 0 N–H and O–H groups in total. The third-order valence-corrected chi connectivity index (χ3v) is 4.29. The van der Waals surface area contributed by atoms with Crippen molar-refractivity contribution in [2.75, 3.05) is 0 Å². The Balaban J connectivity index is 2.12. The van der Waals surface area contributed by atoms with Crippen molar-refractivity contribution >= 4 is 0 Å². The molecule has 0 aliphatic heterocycles. The van der Waals surface area contributed by atoms with Crippen LogP contribution in [0.1, 0.15) is 103 Å². The van der Waals surface area contributed by atoms with E-state index < -0.39 is 0 Å². The van der Waals surface area contributed by atoms with Crippen LogP contribution in [-0.4, -0.2) is 0 Å². The first-order chi connectivity index (χ1) is 10.0. The van der Waals surface area contributed by atoms with Gasteiger partial charge in [-0.15, -0.1) is 0 Å². The third-order valence-electron chi connectivity index (χ3n) is 4.29. The van der Waals surface area contributed by atoms with Crippen LogP contribution in [0.3, 0.4) is 0 Å². The summed E-state index contributed by atoms with van der Waals surface area (Å²) in [5, 5.41) is 0. The van der Waals surface area contributed by atoms with E-state index >= 15 is 0 Å². The Morgan fingerprint density at radius 1 is 0.500 bits per heavy atom. The lowest BCUT2D eigenvalue weighted by atomic mass is 10.0. The molecular formula is C20H35. The van der Waals surface area contributed by atoms with E-state index in [4.69, 9.17) is 0 Å². The number of hydrogen-bond acceptors (Lipinski definition) is 0. The highest BCUT2D eigenvalue weighted by Crippen LogP contribution is 2.14. The normalized spacial score (nSPS) is 25.6. The van der Waals surface area contributed by atoms with Gasteiger partial charge in [0.2, 0.25) is 0 Å². The maximum atomic E-state index is 3.40. The van der Waals surface area contributed by atoms with E-state index in [9.17, 15) is 0 Å². The van der Waals surface area contributed by atoms with E-state index in [2.05, 4.69) is 24.3 Å². The monoisotopic (exact) mass is 275 g/mol. The molecule has 0 nitrogen and oxygen atoms in total. The van der Waals surface area contributed by atoms with Gasteiger partial charge in [-0.3, -0.25) is 0 Å². The highest BCUT2D eigenvalue weighted by atomic mass is 14.0. The Bertz CT molecular complexity index is 210. The van der Waals surface area contributed by atoms with Gasteiger partial charge in [-0.2, -0.15) is 0 Å². The van der Waals surface area contributed by atoms with Crippen LogP contribution in [0.25, 0.3) is 0 Å². The zero-order chi connectivity index (χ0) is 14.1. The van der Waals surface area contributed by atoms with Gasteiger partial charge in [0.1, 0.15) is 0 Å². The van der Waals surface area contributed by atoms with Gasteiger partial charge in [-0.1, -0.05) is 95.3 Å². The molecule has 0 bridgehead atoms. The summed E-state index contributed by atoms with van der Waals surface area (Å²) in [6.07, 6.45) is 32.5. The second-order valence-corrected chi connectivity index (χ2v) is 6.29. The average molecular weight is 276 g/mol. The summed E-state index contributed by atoms with van der Waals surface area (Å²) in [6, 6.07) is 0. The maximum absolute atomic E-state index is 3.40. The van der Waals surface area contributed by atoms with Crippen molar-refractivity contribution in [2.45, 2.75) is 103 Å². The van der Waals surface area contributed by atoms with E-state index in [1.807, 2.05) is 0 Å². The van der Waals surface area contributed by atoms with Gasteiger partial charge in [0.25, 0.3) is 0 Å². The van der Waals surface area contributed by atoms with Gasteiger partial charge in [0, 0.05) is 0 Å². The van der Waals surface area contributed by atoms with Crippen LogP contribution in [0.5, 0.6) is 0 Å². The minimum Gasteiger partial charge on any atom is -0.0845 e. The first kappa shape index (κ1) is 17.5. The van der Waals surface area contributed by atoms with Crippen molar-refractivity contribution in [3.8, 4) is 0 Å². The average Bonchev–Trinajstić information content (AvgIpc) is 2.46. The Hall–Kier alpha value is -0.520. The summed E-state index contributed by atoms with van der Waals surface area (Å²) in [6.45, 7) is 0. The summed E-state index contributed by atoms with van der Waals surface area (Å²) < 4.78 is 0. The fraction of sp³-hybridized carbons (Fsp3) is 0.800. The molecule has 0 heteroatoms. The van der Waals surface area contributed by atoms with E-state index in [-0.39, 0.29) is 0 Å². The molecule has 0 saturated carbocycles. The van der Waals surface area contributed by atoms with Crippen LogP contribution in [0.2, 0.25) is 0 Å². The first-order valence-electron chi connectivity index (χ1n) is 9.22. The molecule has 0 aromatic carbocycles. The second kappa shape index (κ2) is 14.9. The molecule has 0 saturated heterocycles. The molecule has 20 heavy (non-hydrogen) atoms. The molecule has 1 aliphatic rings. The summed E-state index contributed by atoms with van der Waals surface area (Å²) in [4.78, 5) is 0. The third kappa shape index (κ3) is 12.5. The van der Waals surface area contributed by atoms with Gasteiger partial charge in [-0.25, -0.2) is 0 Å². The summed E-state index contributed by atoms with van der Waals surface area (Å²) in [5.41, 5.74) is 0. The topological polar surface area (TPSA) is 0 Å². The van der Waals surface area contributed by atoms with E-state index in [1.54, 1.807) is 0 Å². The highest BCUT2D eigenvalue weighted by Gasteiger charge is 1.94. The van der Waals surface area contributed by atoms with Crippen LogP contribution < -0.4 is 0 Å². The number of allylic oxidation sites excluding steroid dienone is 4. The molecule has 0 aromatic heterocycles. The van der Waals surface area contributed by atoms with Crippen LogP contribution in [0.15, 0.2) is 18.2 Å². The molecule has 0 aromatic rings. The lowest BCUT2D eigenvalue weighted by Crippen LogP contribution is -1.83. The van der Waals surface area contributed by atoms with Gasteiger partial charge in [0.15, 0.2) is 0 Å². The minimum atomic E-state index is 1.14. The Morgan fingerprint density at radius 3 is 1.50 bits per heavy atom. The van der Waals surface area contributed by atoms with E-state index in [0.717, 1.165) is 6.42 Å². The van der Waals surface area contributed by atoms with Crippen LogP contribution >= 0.6 is 0 Å². The Kier molecular flexibility index (Phi) is 13.0. The van der Waals surface area contributed by atoms with E-state index in [0.29, 0.717) is 0 Å². The summed E-state index contributed by atoms with van der Waals surface area (Å²) in [7, 11) is 0. The van der Waals surface area contributed by atoms with Crippen molar-refractivity contribution in [1.29, 1.82) is 0 Å². The summed E-state index contributed by atoms with van der Waals surface area (Å²) >= 11 is 0. The van der Waals surface area contributed by atoms with Crippen molar-refractivity contribution in [1.82, 2.24) is 0 Å². The van der Waals surface area contributed by atoms with Gasteiger partial charge in [-0.05, 0) is 31.8 Å². The molecule has 1 rings (SSSR count). The molecular weight excluding hydrogens is 240 g/mol. The van der Waals surface area contributed by atoms with Crippen LogP contribution in [-0.2, 0) is 0 Å². The lowest BCUT2D eigenvalue weighted by Gasteiger charge is -2.03. The maximum Gasteiger partial charge on any atom is -0.0276 e. The molecule has 0 atom stereocenters. The fourth-order valence-electron chi connectivity index (χ4n) is 2.93. The standard InChI is InChI=1S/C20H35/c1-2-4-6-8-10-12-14-16-18-20-19-17-15-13-11-9-7-5-3-1/h1-3H,4,6-20H2/b2-1-,5-3?. The fourth-order valence-corrected chi connectivity index (χ4v) is 2.93. The predicted molar refractivity (Wildman–Crippen MR) is 90.8 cm³/mol. The van der Waals surface area contributed by atoms with Crippen molar-refractivity contribution in [3.05, 3.63) is 24.3 Å². The number of rotatable bonds is 0. The highest BCUT2D eigenvalue weighted by molar-refractivity contribution is 4.98. The quantitative estimate of drug-likeness (QED) is 0.440. The Morgan fingerprint density at radius 2 is 0.950 bits per heavy atom. The molecule has 0 amide bonds. The second-order valence-electron chi connectivity index (χ2n) is 6.29. The molecule has 0 heterocycles. The zero-order valence-corrected chi connectivity index (χ0v) is 13.5. The minimum absolute atomic E-state index is 1.14. The van der Waals surface area contributed by atoms with E-state index in [1.165, 1.54) is 96.3 Å². The molecule has 1 radical (unpaired) electrons. The Labute approximate surface area is 127 Å². The first-order valence-corrected chi connectivity index (χ1v) is 9.22. The van der Waals surface area contributed by atoms with Gasteiger partial charge < -0.3 is 0 Å². The molecule has 115 valence electrons. The van der Waals surface area contributed by atoms with Crippen molar-refractivity contribution in [3.63, 3.8) is 0 Å². The SMILES string of the molecule is [C]1=C/C=C\CCCCCCCCCCCCCCCC/1. The predicted octanol–water partition coefficient (Wildman–Crippen LogP) is 7.16. The molecule has 0 spiro atoms. The molecule has 0 fully saturated rings.